The van der Waals surface area contributed by atoms with Crippen LogP contribution in [0, 0.1) is 5.92 Å². The fourth-order valence-corrected chi connectivity index (χ4v) is 2.35. The van der Waals surface area contributed by atoms with E-state index in [1.807, 2.05) is 0 Å². The van der Waals surface area contributed by atoms with E-state index in [-0.39, 0.29) is 0 Å². The molecular formula is C11H22N2. The zero-order chi connectivity index (χ0) is 9.26. The average Bonchev–Trinajstić information content (AvgIpc) is 2.87. The first-order valence-corrected chi connectivity index (χ1v) is 5.74. The van der Waals surface area contributed by atoms with E-state index in [1.54, 1.807) is 0 Å². The topological polar surface area (TPSA) is 15.3 Å². The van der Waals surface area contributed by atoms with E-state index in [9.17, 15) is 0 Å². The van der Waals surface area contributed by atoms with E-state index < -0.39 is 0 Å². The third kappa shape index (κ3) is 2.44. The monoisotopic (exact) mass is 182 g/mol. The molecule has 1 aliphatic carbocycles. The van der Waals surface area contributed by atoms with Crippen LogP contribution in [0.4, 0.5) is 0 Å². The van der Waals surface area contributed by atoms with Gasteiger partial charge >= 0.3 is 0 Å². The number of nitrogens with zero attached hydrogens (tertiary/aromatic N) is 1. The van der Waals surface area contributed by atoms with Crippen LogP contribution in [0.3, 0.4) is 0 Å². The molecule has 0 aromatic heterocycles. The van der Waals surface area contributed by atoms with E-state index in [2.05, 4.69) is 24.1 Å². The van der Waals surface area contributed by atoms with Crippen molar-refractivity contribution in [3.8, 4) is 0 Å². The van der Waals surface area contributed by atoms with E-state index in [0.717, 1.165) is 18.0 Å². The van der Waals surface area contributed by atoms with Gasteiger partial charge in [-0.05, 0) is 32.7 Å². The van der Waals surface area contributed by atoms with E-state index in [0.29, 0.717) is 0 Å². The number of piperazine rings is 1. The highest BCUT2D eigenvalue weighted by atomic mass is 15.2. The third-order valence-corrected chi connectivity index (χ3v) is 3.50. The summed E-state index contributed by atoms with van der Waals surface area (Å²) in [5, 5.41) is 3.48. The molecule has 0 bridgehead atoms. The zero-order valence-electron chi connectivity index (χ0n) is 8.92. The molecular weight excluding hydrogens is 160 g/mol. The maximum atomic E-state index is 3.48. The molecule has 0 radical (unpaired) electrons. The molecule has 2 nitrogen and oxygen atoms in total. The molecule has 76 valence electrons. The van der Waals surface area contributed by atoms with E-state index in [1.165, 1.54) is 38.9 Å². The summed E-state index contributed by atoms with van der Waals surface area (Å²) in [6, 6.07) is 1.48. The summed E-state index contributed by atoms with van der Waals surface area (Å²) in [7, 11) is 0. The Morgan fingerprint density at radius 2 is 1.77 bits per heavy atom. The molecule has 2 heteroatoms. The molecule has 0 aromatic rings. The Balaban J connectivity index is 1.78. The lowest BCUT2D eigenvalue weighted by molar-refractivity contribution is 0.113. The van der Waals surface area contributed by atoms with Gasteiger partial charge in [-0.15, -0.1) is 0 Å². The Hall–Kier alpha value is -0.0800. The Kier molecular flexibility index (Phi) is 2.89. The van der Waals surface area contributed by atoms with Crippen molar-refractivity contribution in [2.45, 2.75) is 45.2 Å². The molecule has 1 aliphatic heterocycles. The molecule has 1 N–H and O–H groups in total. The van der Waals surface area contributed by atoms with Gasteiger partial charge in [0.05, 0.1) is 0 Å². The predicted molar refractivity (Wildman–Crippen MR) is 55.8 cm³/mol. The molecule has 1 saturated carbocycles. The van der Waals surface area contributed by atoms with Crippen molar-refractivity contribution in [2.75, 3.05) is 19.6 Å². The van der Waals surface area contributed by atoms with Crippen LogP contribution in [0.2, 0.25) is 0 Å². The third-order valence-electron chi connectivity index (χ3n) is 3.50. The number of hydrogen-bond acceptors (Lipinski definition) is 2. The summed E-state index contributed by atoms with van der Waals surface area (Å²) in [4.78, 5) is 2.68. The van der Waals surface area contributed by atoms with Crippen molar-refractivity contribution >= 4 is 0 Å². The van der Waals surface area contributed by atoms with Crippen LogP contribution in [-0.2, 0) is 0 Å². The molecule has 2 atom stereocenters. The first-order chi connectivity index (χ1) is 6.27. The summed E-state index contributed by atoms with van der Waals surface area (Å²) in [5.74, 6) is 1.08. The minimum absolute atomic E-state index is 0.738. The standard InChI is InChI=1S/C11H22N2/c1-9-7-12-8-10(2)13(9)6-5-11-3-4-11/h9-12H,3-8H2,1-2H3. The smallest absolute Gasteiger partial charge is 0.0195 e. The van der Waals surface area contributed by atoms with Crippen LogP contribution in [0.25, 0.3) is 0 Å². The van der Waals surface area contributed by atoms with E-state index >= 15 is 0 Å². The highest BCUT2D eigenvalue weighted by Gasteiger charge is 2.27. The molecule has 2 fully saturated rings. The summed E-state index contributed by atoms with van der Waals surface area (Å²) >= 11 is 0. The van der Waals surface area contributed by atoms with Crippen LogP contribution in [0.15, 0.2) is 0 Å². The van der Waals surface area contributed by atoms with Crippen LogP contribution in [0.1, 0.15) is 33.1 Å². The molecule has 0 aromatic carbocycles. The second kappa shape index (κ2) is 3.97. The van der Waals surface area contributed by atoms with Crippen molar-refractivity contribution in [1.29, 1.82) is 0 Å². The molecule has 0 amide bonds. The normalized spacial score (nSPS) is 36.5. The summed E-state index contributed by atoms with van der Waals surface area (Å²) in [6.45, 7) is 8.36. The Morgan fingerprint density at radius 3 is 2.31 bits per heavy atom. The van der Waals surface area contributed by atoms with E-state index in [4.69, 9.17) is 0 Å². The zero-order valence-corrected chi connectivity index (χ0v) is 8.92. The number of nitrogens with one attached hydrogen (secondary N) is 1. The second-order valence-corrected chi connectivity index (χ2v) is 4.83. The van der Waals surface area contributed by atoms with Gasteiger partial charge in [-0.2, -0.15) is 0 Å². The van der Waals surface area contributed by atoms with Gasteiger partial charge in [0.25, 0.3) is 0 Å². The van der Waals surface area contributed by atoms with Gasteiger partial charge in [-0.1, -0.05) is 12.8 Å². The van der Waals surface area contributed by atoms with Gasteiger partial charge < -0.3 is 5.32 Å². The first kappa shape index (κ1) is 9.47. The largest absolute Gasteiger partial charge is 0.314 e. The lowest BCUT2D eigenvalue weighted by atomic mass is 10.1. The maximum absolute atomic E-state index is 3.48. The van der Waals surface area contributed by atoms with Crippen LogP contribution in [0.5, 0.6) is 0 Å². The molecule has 1 saturated heterocycles. The van der Waals surface area contributed by atoms with Crippen molar-refractivity contribution in [1.82, 2.24) is 10.2 Å². The van der Waals surface area contributed by atoms with Crippen LogP contribution >= 0.6 is 0 Å². The number of hydrogen-bond donors (Lipinski definition) is 1. The Morgan fingerprint density at radius 1 is 1.15 bits per heavy atom. The summed E-state index contributed by atoms with van der Waals surface area (Å²) in [6.07, 6.45) is 4.43. The first-order valence-electron chi connectivity index (χ1n) is 5.74. The molecule has 0 spiro atoms. The SMILES string of the molecule is CC1CNCC(C)N1CCC1CC1. The highest BCUT2D eigenvalue weighted by molar-refractivity contribution is 4.84. The molecule has 2 rings (SSSR count). The van der Waals surface area contributed by atoms with Crippen LogP contribution in [-0.4, -0.2) is 36.6 Å². The fourth-order valence-electron chi connectivity index (χ4n) is 2.35. The molecule has 2 aliphatic rings. The summed E-state index contributed by atoms with van der Waals surface area (Å²) in [5.41, 5.74) is 0. The number of rotatable bonds is 3. The van der Waals surface area contributed by atoms with Crippen molar-refractivity contribution < 1.29 is 0 Å². The Labute approximate surface area is 81.7 Å². The van der Waals surface area contributed by atoms with Gasteiger partial charge in [0.2, 0.25) is 0 Å². The van der Waals surface area contributed by atoms with Gasteiger partial charge in [0, 0.05) is 25.2 Å². The van der Waals surface area contributed by atoms with Crippen LogP contribution < -0.4 is 5.32 Å². The minimum Gasteiger partial charge on any atom is -0.314 e. The van der Waals surface area contributed by atoms with Gasteiger partial charge in [-0.3, -0.25) is 4.90 Å². The van der Waals surface area contributed by atoms with Crippen molar-refractivity contribution in [2.24, 2.45) is 5.92 Å². The Bertz CT molecular complexity index is 155. The van der Waals surface area contributed by atoms with Crippen molar-refractivity contribution in [3.63, 3.8) is 0 Å². The summed E-state index contributed by atoms with van der Waals surface area (Å²) < 4.78 is 0. The fraction of sp³-hybridized carbons (Fsp3) is 1.00. The predicted octanol–water partition coefficient (Wildman–Crippen LogP) is 1.47. The highest BCUT2D eigenvalue weighted by Crippen LogP contribution is 2.32. The lowest BCUT2D eigenvalue weighted by Gasteiger charge is -2.39. The second-order valence-electron chi connectivity index (χ2n) is 4.83. The molecule has 13 heavy (non-hydrogen) atoms. The molecule has 2 unspecified atom stereocenters. The minimum atomic E-state index is 0.738. The van der Waals surface area contributed by atoms with Gasteiger partial charge in [0.15, 0.2) is 0 Å². The van der Waals surface area contributed by atoms with Gasteiger partial charge in [-0.25, -0.2) is 0 Å². The molecule has 1 heterocycles. The van der Waals surface area contributed by atoms with Gasteiger partial charge in [0.1, 0.15) is 0 Å². The quantitative estimate of drug-likeness (QED) is 0.711. The maximum Gasteiger partial charge on any atom is 0.0195 e. The lowest BCUT2D eigenvalue weighted by Crippen LogP contribution is -2.55. The van der Waals surface area contributed by atoms with Crippen molar-refractivity contribution in [3.05, 3.63) is 0 Å². The average molecular weight is 182 g/mol.